The molecule has 0 unspecified atom stereocenters. The summed E-state index contributed by atoms with van der Waals surface area (Å²) < 4.78 is 0. The molecule has 0 spiro atoms. The minimum atomic E-state index is 0.703. The fourth-order valence-electron chi connectivity index (χ4n) is 7.95. The van der Waals surface area contributed by atoms with Gasteiger partial charge in [0.1, 0.15) is 11.0 Å². The third-order valence-corrected chi connectivity index (χ3v) is 10.9. The summed E-state index contributed by atoms with van der Waals surface area (Å²) >= 11 is 0. The number of pyridine rings is 1. The highest BCUT2D eigenvalue weighted by molar-refractivity contribution is 6.23. The predicted molar refractivity (Wildman–Crippen MR) is 240 cm³/mol. The number of hydrogen-bond donors (Lipinski definition) is 0. The lowest BCUT2D eigenvalue weighted by Crippen LogP contribution is -1.97. The Morgan fingerprint density at radius 3 is 1.47 bits per heavy atom. The Balaban J connectivity index is 1.01. The van der Waals surface area contributed by atoms with Crippen LogP contribution in [-0.2, 0) is 0 Å². The molecule has 276 valence electrons. The van der Waals surface area contributed by atoms with Crippen LogP contribution in [0.5, 0.6) is 0 Å². The van der Waals surface area contributed by atoms with Crippen LogP contribution in [0.25, 0.3) is 106 Å². The second kappa shape index (κ2) is 14.4. The van der Waals surface area contributed by atoms with Gasteiger partial charge in [0.25, 0.3) is 0 Å². The molecule has 6 heteroatoms. The molecule has 0 saturated heterocycles. The molecule has 11 aromatic rings. The maximum absolute atomic E-state index is 5.32. The van der Waals surface area contributed by atoms with Gasteiger partial charge in [-0.25, -0.2) is 15.0 Å². The van der Waals surface area contributed by atoms with E-state index in [9.17, 15) is 0 Å². The van der Waals surface area contributed by atoms with Gasteiger partial charge >= 0.3 is 0 Å². The van der Waals surface area contributed by atoms with E-state index in [0.29, 0.717) is 5.82 Å². The third kappa shape index (κ3) is 6.29. The summed E-state index contributed by atoms with van der Waals surface area (Å²) in [6.45, 7) is 0. The number of hydrogen-bond acceptors (Lipinski definition) is 5. The van der Waals surface area contributed by atoms with E-state index < -0.39 is 0 Å². The summed E-state index contributed by atoms with van der Waals surface area (Å²) in [5.41, 5.74) is 14.6. The first-order valence-corrected chi connectivity index (χ1v) is 19.7. The molecule has 3 heterocycles. The molecule has 11 rings (SSSR count). The van der Waals surface area contributed by atoms with E-state index in [1.807, 2.05) is 78.9 Å². The minimum Gasteiger partial charge on any atom is -0.247 e. The van der Waals surface area contributed by atoms with Gasteiger partial charge in [-0.2, -0.15) is 4.80 Å². The van der Waals surface area contributed by atoms with E-state index in [4.69, 9.17) is 25.1 Å². The van der Waals surface area contributed by atoms with Crippen LogP contribution in [-0.4, -0.2) is 29.9 Å². The van der Waals surface area contributed by atoms with E-state index in [0.717, 1.165) is 100.0 Å². The van der Waals surface area contributed by atoms with Crippen molar-refractivity contribution in [3.05, 3.63) is 206 Å². The molecule has 59 heavy (non-hydrogen) atoms. The summed E-state index contributed by atoms with van der Waals surface area (Å²) in [5.74, 6) is 0.703. The zero-order valence-electron chi connectivity index (χ0n) is 31.8. The lowest BCUT2D eigenvalue weighted by atomic mass is 9.93. The first-order valence-electron chi connectivity index (χ1n) is 19.7. The number of benzene rings is 8. The highest BCUT2D eigenvalue weighted by atomic mass is 15.5. The van der Waals surface area contributed by atoms with E-state index >= 15 is 0 Å². The van der Waals surface area contributed by atoms with Crippen molar-refractivity contribution in [1.29, 1.82) is 0 Å². The Hall–Kier alpha value is -8.09. The Labute approximate surface area is 340 Å². The monoisotopic (exact) mass is 754 g/mol. The quantitative estimate of drug-likeness (QED) is 0.152. The molecule has 0 aliphatic carbocycles. The van der Waals surface area contributed by atoms with Gasteiger partial charge in [0.2, 0.25) is 0 Å². The largest absolute Gasteiger partial charge is 0.247 e. The lowest BCUT2D eigenvalue weighted by molar-refractivity contribution is 0.766. The summed E-state index contributed by atoms with van der Waals surface area (Å²) in [5, 5.41) is 13.4. The van der Waals surface area contributed by atoms with Gasteiger partial charge < -0.3 is 0 Å². The van der Waals surface area contributed by atoms with Crippen molar-refractivity contribution in [2.45, 2.75) is 0 Å². The van der Waals surface area contributed by atoms with Crippen LogP contribution in [0.15, 0.2) is 206 Å². The van der Waals surface area contributed by atoms with Gasteiger partial charge in [-0.15, -0.1) is 10.2 Å². The molecule has 0 aliphatic rings. The maximum atomic E-state index is 5.32. The second-order valence-electron chi connectivity index (χ2n) is 14.6. The lowest BCUT2D eigenvalue weighted by Gasteiger charge is -2.13. The predicted octanol–water partition coefficient (Wildman–Crippen LogP) is 12.9. The Bertz CT molecular complexity index is 3220. The van der Waals surface area contributed by atoms with Crippen molar-refractivity contribution in [3.63, 3.8) is 0 Å². The van der Waals surface area contributed by atoms with E-state index in [1.54, 1.807) is 4.80 Å². The van der Waals surface area contributed by atoms with Crippen molar-refractivity contribution in [2.75, 3.05) is 0 Å². The summed E-state index contributed by atoms with van der Waals surface area (Å²) in [7, 11) is 0. The molecule has 0 fully saturated rings. The van der Waals surface area contributed by atoms with Gasteiger partial charge in [0.05, 0.1) is 28.3 Å². The van der Waals surface area contributed by atoms with E-state index in [2.05, 4.69) is 127 Å². The fraction of sp³-hybridized carbons (Fsp3) is 0. The highest BCUT2D eigenvalue weighted by Crippen LogP contribution is 2.41. The SMILES string of the molecule is c1ccc(-c2cc(-c3ccc(-c4ccc(-c5nc6ccccc6c6c5cc(-c5ccccc5)c5nn(-c7ccccc7)nc56)cc4)cc3)nc(-c3ccccc3)n2)cc1. The van der Waals surface area contributed by atoms with Crippen LogP contribution in [0.1, 0.15) is 0 Å². The zero-order valence-corrected chi connectivity index (χ0v) is 31.8. The van der Waals surface area contributed by atoms with Crippen LogP contribution >= 0.6 is 0 Å². The zero-order chi connectivity index (χ0) is 39.1. The smallest absolute Gasteiger partial charge is 0.160 e. The van der Waals surface area contributed by atoms with Gasteiger partial charge in [0.15, 0.2) is 5.82 Å². The second-order valence-corrected chi connectivity index (χ2v) is 14.6. The maximum Gasteiger partial charge on any atom is 0.160 e. The van der Waals surface area contributed by atoms with Crippen molar-refractivity contribution in [3.8, 4) is 73.1 Å². The van der Waals surface area contributed by atoms with Crippen molar-refractivity contribution >= 4 is 32.7 Å². The minimum absolute atomic E-state index is 0.703. The van der Waals surface area contributed by atoms with Crippen molar-refractivity contribution < 1.29 is 0 Å². The molecule has 0 radical (unpaired) electrons. The molecule has 3 aromatic heterocycles. The standard InChI is InChI=1S/C53H34N6/c1-5-15-37(16-6-1)44-33-45-49(52-51(44)57-59(58-52)42-21-11-4-12-22-42)43-23-13-14-24-46(43)54-50(45)40-31-27-36(28-32-40)35-25-29-39(30-26-35)48-34-47(38-17-7-2-8-18-38)55-53(56-48)41-19-9-3-10-20-41/h1-34H. The van der Waals surface area contributed by atoms with Crippen LogP contribution in [0, 0.1) is 0 Å². The molecule has 0 N–H and O–H groups in total. The van der Waals surface area contributed by atoms with Gasteiger partial charge in [-0.3, -0.25) is 0 Å². The van der Waals surface area contributed by atoms with Crippen LogP contribution in [0.3, 0.4) is 0 Å². The van der Waals surface area contributed by atoms with Crippen LogP contribution in [0.2, 0.25) is 0 Å². The number of nitrogens with zero attached hydrogens (tertiary/aromatic N) is 6. The molecule has 6 nitrogen and oxygen atoms in total. The molecule has 0 atom stereocenters. The number of para-hydroxylation sites is 2. The molecule has 0 aliphatic heterocycles. The first-order chi connectivity index (χ1) is 29.2. The van der Waals surface area contributed by atoms with E-state index in [1.165, 1.54) is 0 Å². The third-order valence-electron chi connectivity index (χ3n) is 10.9. The molecule has 0 amide bonds. The van der Waals surface area contributed by atoms with Crippen LogP contribution in [0.4, 0.5) is 0 Å². The fourth-order valence-corrected chi connectivity index (χ4v) is 7.95. The van der Waals surface area contributed by atoms with Crippen LogP contribution < -0.4 is 0 Å². The molecule has 0 saturated carbocycles. The molecular weight excluding hydrogens is 721 g/mol. The summed E-state index contributed by atoms with van der Waals surface area (Å²) in [4.78, 5) is 17.1. The average Bonchev–Trinajstić information content (AvgIpc) is 3.78. The summed E-state index contributed by atoms with van der Waals surface area (Å²) in [6.07, 6.45) is 0. The molecule has 8 aromatic carbocycles. The topological polar surface area (TPSA) is 69.4 Å². The average molecular weight is 755 g/mol. The Morgan fingerprint density at radius 1 is 0.339 bits per heavy atom. The van der Waals surface area contributed by atoms with Gasteiger partial charge in [-0.05, 0) is 47.0 Å². The van der Waals surface area contributed by atoms with Gasteiger partial charge in [-0.1, -0.05) is 176 Å². The first kappa shape index (κ1) is 34.2. The number of aromatic nitrogens is 6. The van der Waals surface area contributed by atoms with Gasteiger partial charge in [0, 0.05) is 44.0 Å². The normalized spacial score (nSPS) is 11.4. The Morgan fingerprint density at radius 2 is 0.831 bits per heavy atom. The highest BCUT2D eigenvalue weighted by Gasteiger charge is 2.21. The summed E-state index contributed by atoms with van der Waals surface area (Å²) in [6, 6.07) is 70.9. The van der Waals surface area contributed by atoms with Crippen molar-refractivity contribution in [2.24, 2.45) is 0 Å². The Kier molecular flexibility index (Phi) is 8.37. The number of rotatable bonds is 7. The number of fused-ring (bicyclic) bond motifs is 5. The molecule has 0 bridgehead atoms. The van der Waals surface area contributed by atoms with E-state index in [-0.39, 0.29) is 0 Å². The molecular formula is C53H34N6. The van der Waals surface area contributed by atoms with Crippen molar-refractivity contribution in [1.82, 2.24) is 29.9 Å².